The fourth-order valence-corrected chi connectivity index (χ4v) is 1.97. The molecule has 5 heteroatoms. The molecule has 0 amide bonds. The number of nitrogens with one attached hydrogen (secondary N) is 1. The Morgan fingerprint density at radius 1 is 1.25 bits per heavy atom. The fraction of sp³-hybridized carbons (Fsp3) is 0.400. The van der Waals surface area contributed by atoms with E-state index in [1.54, 1.807) is 18.7 Å². The third kappa shape index (κ3) is 3.23. The summed E-state index contributed by atoms with van der Waals surface area (Å²) in [5.41, 5.74) is 2.82. The molecule has 1 N–H and O–H groups in total. The van der Waals surface area contributed by atoms with Gasteiger partial charge in [-0.15, -0.1) is 0 Å². The number of nitrogens with zero attached hydrogens (tertiary/aromatic N) is 3. The molecule has 2 rings (SSSR count). The van der Waals surface area contributed by atoms with Crippen molar-refractivity contribution in [1.29, 1.82) is 0 Å². The third-order valence-corrected chi connectivity index (χ3v) is 2.79. The molecule has 0 aromatic carbocycles. The van der Waals surface area contributed by atoms with Crippen LogP contribution in [0.3, 0.4) is 0 Å². The van der Waals surface area contributed by atoms with E-state index < -0.39 is 0 Å². The molecule has 2 aromatic heterocycles. The summed E-state index contributed by atoms with van der Waals surface area (Å²) in [6, 6.07) is 1.96. The first-order valence-corrected chi connectivity index (χ1v) is 6.79. The summed E-state index contributed by atoms with van der Waals surface area (Å²) in [5, 5.41) is 3.23. The van der Waals surface area contributed by atoms with Gasteiger partial charge in [-0.25, -0.2) is 9.97 Å². The van der Waals surface area contributed by atoms with Gasteiger partial charge in [0, 0.05) is 23.9 Å². The van der Waals surface area contributed by atoms with Gasteiger partial charge in [0.25, 0.3) is 0 Å². The molecular weight excluding hydrogens is 252 g/mol. The van der Waals surface area contributed by atoms with Gasteiger partial charge >= 0.3 is 0 Å². The summed E-state index contributed by atoms with van der Waals surface area (Å²) in [6.45, 7) is 8.85. The lowest BCUT2D eigenvalue weighted by atomic mass is 10.1. The van der Waals surface area contributed by atoms with Crippen molar-refractivity contribution in [3.63, 3.8) is 0 Å². The average Bonchev–Trinajstić information content (AvgIpc) is 2.41. The molecule has 0 radical (unpaired) electrons. The number of ether oxygens (including phenoxy) is 1. The Labute approximate surface area is 119 Å². The Bertz CT molecular complexity index is 584. The highest BCUT2D eigenvalue weighted by Gasteiger charge is 2.10. The molecule has 0 saturated carbocycles. The van der Waals surface area contributed by atoms with Crippen LogP contribution in [0.1, 0.15) is 26.3 Å². The zero-order chi connectivity index (χ0) is 14.5. The van der Waals surface area contributed by atoms with E-state index in [9.17, 15) is 0 Å². The lowest BCUT2D eigenvalue weighted by Gasteiger charge is -2.12. The average molecular weight is 272 g/mol. The van der Waals surface area contributed by atoms with Gasteiger partial charge in [-0.2, -0.15) is 0 Å². The van der Waals surface area contributed by atoms with Crippen LogP contribution in [0.25, 0.3) is 11.3 Å². The van der Waals surface area contributed by atoms with Gasteiger partial charge in [-0.3, -0.25) is 4.98 Å². The number of hydrogen-bond donors (Lipinski definition) is 1. The van der Waals surface area contributed by atoms with E-state index >= 15 is 0 Å². The van der Waals surface area contributed by atoms with Crippen LogP contribution in [-0.4, -0.2) is 27.6 Å². The van der Waals surface area contributed by atoms with Crippen molar-refractivity contribution in [2.45, 2.75) is 33.8 Å². The predicted molar refractivity (Wildman–Crippen MR) is 79.9 cm³/mol. The summed E-state index contributed by atoms with van der Waals surface area (Å²) in [7, 11) is 0. The lowest BCUT2D eigenvalue weighted by molar-refractivity contribution is 0.241. The molecule has 0 atom stereocenters. The van der Waals surface area contributed by atoms with Gasteiger partial charge in [-0.1, -0.05) is 0 Å². The largest absolute Gasteiger partial charge is 0.489 e. The Balaban J connectivity index is 2.38. The van der Waals surface area contributed by atoms with Gasteiger partial charge in [-0.05, 0) is 33.8 Å². The molecule has 2 aromatic rings. The minimum absolute atomic E-state index is 0.121. The second-order valence-corrected chi connectivity index (χ2v) is 4.80. The first-order valence-electron chi connectivity index (χ1n) is 6.79. The molecule has 0 spiro atoms. The molecule has 0 aliphatic rings. The van der Waals surface area contributed by atoms with Gasteiger partial charge in [0.05, 0.1) is 18.0 Å². The Hall–Kier alpha value is -2.17. The number of hydrogen-bond acceptors (Lipinski definition) is 5. The highest BCUT2D eigenvalue weighted by Crippen LogP contribution is 2.26. The number of aromatic nitrogens is 3. The minimum atomic E-state index is 0.121. The molecule has 0 bridgehead atoms. The fourth-order valence-electron chi connectivity index (χ4n) is 1.97. The third-order valence-electron chi connectivity index (χ3n) is 2.79. The normalized spacial score (nSPS) is 10.7. The van der Waals surface area contributed by atoms with Gasteiger partial charge in [0.1, 0.15) is 17.9 Å². The Morgan fingerprint density at radius 3 is 2.75 bits per heavy atom. The first kappa shape index (κ1) is 14.2. The second kappa shape index (κ2) is 6.32. The molecule has 0 unspecified atom stereocenters. The first-order chi connectivity index (χ1) is 9.61. The van der Waals surface area contributed by atoms with Crippen molar-refractivity contribution in [2.24, 2.45) is 0 Å². The summed E-state index contributed by atoms with van der Waals surface area (Å²) in [4.78, 5) is 12.8. The molecule has 0 saturated heterocycles. The SMILES string of the molecule is CCNc1ncnc(-c2cncc(OC(C)C)c2)c1C. The van der Waals surface area contributed by atoms with E-state index in [4.69, 9.17) is 4.74 Å². The van der Waals surface area contributed by atoms with E-state index in [-0.39, 0.29) is 6.10 Å². The molecular formula is C15H20N4O. The minimum Gasteiger partial charge on any atom is -0.489 e. The maximum Gasteiger partial charge on any atom is 0.138 e. The van der Waals surface area contributed by atoms with Crippen LogP contribution >= 0.6 is 0 Å². The van der Waals surface area contributed by atoms with Crippen molar-refractivity contribution in [1.82, 2.24) is 15.0 Å². The smallest absolute Gasteiger partial charge is 0.138 e. The van der Waals surface area contributed by atoms with Crippen molar-refractivity contribution in [3.05, 3.63) is 30.4 Å². The second-order valence-electron chi connectivity index (χ2n) is 4.80. The van der Waals surface area contributed by atoms with Gasteiger partial charge in [0.2, 0.25) is 0 Å². The van der Waals surface area contributed by atoms with Gasteiger partial charge < -0.3 is 10.1 Å². The van der Waals surface area contributed by atoms with Crippen molar-refractivity contribution < 1.29 is 4.74 Å². The van der Waals surface area contributed by atoms with Crippen LogP contribution in [0, 0.1) is 6.92 Å². The highest BCUT2D eigenvalue weighted by atomic mass is 16.5. The molecule has 20 heavy (non-hydrogen) atoms. The van der Waals surface area contributed by atoms with Crippen LogP contribution in [-0.2, 0) is 0 Å². The van der Waals surface area contributed by atoms with Crippen molar-refractivity contribution in [3.8, 4) is 17.0 Å². The molecule has 2 heterocycles. The Kier molecular flexibility index (Phi) is 4.50. The van der Waals surface area contributed by atoms with E-state index in [0.29, 0.717) is 0 Å². The molecule has 0 aliphatic carbocycles. The topological polar surface area (TPSA) is 59.9 Å². The number of anilines is 1. The molecule has 5 nitrogen and oxygen atoms in total. The maximum absolute atomic E-state index is 5.67. The maximum atomic E-state index is 5.67. The van der Waals surface area contributed by atoms with E-state index in [1.807, 2.05) is 33.8 Å². The summed E-state index contributed by atoms with van der Waals surface area (Å²) in [6.07, 6.45) is 5.19. The standard InChI is InChI=1S/C15H20N4O/c1-5-17-15-11(4)14(18-9-19-15)12-6-13(8-16-7-12)20-10(2)3/h6-10H,5H2,1-4H3,(H,17,18,19). The highest BCUT2D eigenvalue weighted by molar-refractivity contribution is 5.68. The van der Waals surface area contributed by atoms with E-state index in [2.05, 4.69) is 20.3 Å². The van der Waals surface area contributed by atoms with Crippen molar-refractivity contribution >= 4 is 5.82 Å². The quantitative estimate of drug-likeness (QED) is 0.906. The van der Waals surface area contributed by atoms with Crippen LogP contribution < -0.4 is 10.1 Å². The van der Waals surface area contributed by atoms with Crippen LogP contribution in [0.5, 0.6) is 5.75 Å². The predicted octanol–water partition coefficient (Wildman–Crippen LogP) is 3.07. The van der Waals surface area contributed by atoms with Crippen LogP contribution in [0.4, 0.5) is 5.82 Å². The number of rotatable bonds is 5. The zero-order valence-corrected chi connectivity index (χ0v) is 12.3. The monoisotopic (exact) mass is 272 g/mol. The van der Waals surface area contributed by atoms with E-state index in [0.717, 1.165) is 34.9 Å². The van der Waals surface area contributed by atoms with Crippen LogP contribution in [0.15, 0.2) is 24.8 Å². The lowest BCUT2D eigenvalue weighted by Crippen LogP contribution is -2.06. The van der Waals surface area contributed by atoms with Gasteiger partial charge in [0.15, 0.2) is 0 Å². The van der Waals surface area contributed by atoms with E-state index in [1.165, 1.54) is 0 Å². The summed E-state index contributed by atoms with van der Waals surface area (Å²) >= 11 is 0. The zero-order valence-electron chi connectivity index (χ0n) is 12.3. The number of pyridine rings is 1. The molecule has 0 fully saturated rings. The molecule has 0 aliphatic heterocycles. The summed E-state index contributed by atoms with van der Waals surface area (Å²) < 4.78 is 5.67. The van der Waals surface area contributed by atoms with Crippen LogP contribution in [0.2, 0.25) is 0 Å². The molecule has 106 valence electrons. The summed E-state index contributed by atoms with van der Waals surface area (Å²) in [5.74, 6) is 1.60. The van der Waals surface area contributed by atoms with Crippen molar-refractivity contribution in [2.75, 3.05) is 11.9 Å². The Morgan fingerprint density at radius 2 is 2.05 bits per heavy atom.